The quantitative estimate of drug-likeness (QED) is 0.623. The van der Waals surface area contributed by atoms with Crippen molar-refractivity contribution in [3.63, 3.8) is 0 Å². The third kappa shape index (κ3) is 3.16. The summed E-state index contributed by atoms with van der Waals surface area (Å²) in [5.41, 5.74) is 7.98. The molecule has 2 rings (SSSR count). The van der Waals surface area contributed by atoms with E-state index in [2.05, 4.69) is 20.9 Å². The first-order valence-corrected chi connectivity index (χ1v) is 5.43. The molecule has 0 radical (unpaired) electrons. The van der Waals surface area contributed by atoms with E-state index in [0.29, 0.717) is 11.3 Å². The summed E-state index contributed by atoms with van der Waals surface area (Å²) in [6.07, 6.45) is 2.46. The van der Waals surface area contributed by atoms with Crippen LogP contribution in [0, 0.1) is 0 Å². The molecule has 0 spiro atoms. The molecule has 1 heterocycles. The molecule has 0 fully saturated rings. The summed E-state index contributed by atoms with van der Waals surface area (Å²) in [4.78, 5) is 34.0. The number of rotatable bonds is 3. The van der Waals surface area contributed by atoms with Gasteiger partial charge in [0.15, 0.2) is 0 Å². The Hall–Kier alpha value is -3.23. The largest absolute Gasteiger partial charge is 0.366 e. The van der Waals surface area contributed by atoms with Crippen molar-refractivity contribution in [2.45, 2.75) is 0 Å². The third-order valence-corrected chi connectivity index (χ3v) is 2.28. The van der Waals surface area contributed by atoms with Gasteiger partial charge in [-0.25, -0.2) is 4.68 Å². The van der Waals surface area contributed by atoms with E-state index < -0.39 is 17.7 Å². The van der Waals surface area contributed by atoms with Crippen molar-refractivity contribution in [1.29, 1.82) is 0 Å². The molecule has 2 aromatic rings. The van der Waals surface area contributed by atoms with E-state index in [9.17, 15) is 14.4 Å². The van der Waals surface area contributed by atoms with Crippen LogP contribution in [0.15, 0.2) is 36.9 Å². The second-order valence-electron chi connectivity index (χ2n) is 3.71. The second-order valence-corrected chi connectivity index (χ2v) is 3.71. The van der Waals surface area contributed by atoms with Crippen molar-refractivity contribution in [3.05, 3.63) is 42.5 Å². The van der Waals surface area contributed by atoms with Crippen LogP contribution in [0.2, 0.25) is 0 Å². The summed E-state index contributed by atoms with van der Waals surface area (Å²) in [5.74, 6) is -2.33. The number of nitrogens with two attached hydrogens (primary N) is 1. The summed E-state index contributed by atoms with van der Waals surface area (Å²) in [7, 11) is 0. The van der Waals surface area contributed by atoms with E-state index >= 15 is 0 Å². The summed E-state index contributed by atoms with van der Waals surface area (Å²) < 4.78 is 1.14. The first-order valence-electron chi connectivity index (χ1n) is 5.43. The monoisotopic (exact) mass is 274 g/mol. The molecule has 9 nitrogen and oxygen atoms in total. The van der Waals surface area contributed by atoms with Crippen LogP contribution in [0.4, 0.5) is 5.69 Å². The fourth-order valence-electron chi connectivity index (χ4n) is 1.33. The van der Waals surface area contributed by atoms with Gasteiger partial charge in [0.25, 0.3) is 0 Å². The first-order chi connectivity index (χ1) is 9.56. The molecule has 0 unspecified atom stereocenters. The zero-order valence-electron chi connectivity index (χ0n) is 10.1. The van der Waals surface area contributed by atoms with Crippen LogP contribution in [-0.4, -0.2) is 32.6 Å². The van der Waals surface area contributed by atoms with Crippen molar-refractivity contribution in [1.82, 2.24) is 14.9 Å². The van der Waals surface area contributed by atoms with Gasteiger partial charge in [-0.1, -0.05) is 0 Å². The van der Waals surface area contributed by atoms with Crippen LogP contribution in [0.3, 0.4) is 0 Å². The van der Waals surface area contributed by atoms with Crippen LogP contribution in [0.25, 0.3) is 0 Å². The maximum absolute atomic E-state index is 11.6. The molecule has 1 aromatic heterocycles. The lowest BCUT2D eigenvalue weighted by atomic mass is 10.2. The molecular weight excluding hydrogens is 264 g/mol. The fourth-order valence-corrected chi connectivity index (χ4v) is 1.33. The smallest absolute Gasteiger partial charge is 0.328 e. The Morgan fingerprint density at radius 3 is 2.15 bits per heavy atom. The van der Waals surface area contributed by atoms with E-state index in [0.717, 1.165) is 4.68 Å². The van der Waals surface area contributed by atoms with Gasteiger partial charge in [0, 0.05) is 11.3 Å². The van der Waals surface area contributed by atoms with Crippen LogP contribution < -0.4 is 16.5 Å². The molecule has 20 heavy (non-hydrogen) atoms. The minimum Gasteiger partial charge on any atom is -0.366 e. The Bertz CT molecular complexity index is 635. The highest BCUT2D eigenvalue weighted by Gasteiger charge is 2.14. The minimum atomic E-state index is -0.885. The molecule has 9 heteroatoms. The van der Waals surface area contributed by atoms with Crippen LogP contribution in [0.5, 0.6) is 0 Å². The summed E-state index contributed by atoms with van der Waals surface area (Å²) in [6, 6.07) is 5.80. The SMILES string of the molecule is NC(=O)c1ccc(NC(=O)C(=O)Nn2cnnc2)cc1. The predicted molar refractivity (Wildman–Crippen MR) is 68.0 cm³/mol. The fraction of sp³-hybridized carbons (Fsp3) is 0. The number of amides is 3. The number of anilines is 1. The number of nitrogens with zero attached hydrogens (tertiary/aromatic N) is 3. The molecule has 0 saturated heterocycles. The topological polar surface area (TPSA) is 132 Å². The molecule has 0 aliphatic heterocycles. The number of hydrogen-bond donors (Lipinski definition) is 3. The zero-order chi connectivity index (χ0) is 14.5. The normalized spacial score (nSPS) is 9.80. The molecule has 0 bridgehead atoms. The van der Waals surface area contributed by atoms with Crippen LogP contribution in [-0.2, 0) is 9.59 Å². The average Bonchev–Trinajstić information content (AvgIpc) is 2.92. The first kappa shape index (κ1) is 13.2. The number of benzene rings is 1. The van der Waals surface area contributed by atoms with Gasteiger partial charge < -0.3 is 11.1 Å². The van der Waals surface area contributed by atoms with Gasteiger partial charge >= 0.3 is 11.8 Å². The molecule has 0 aliphatic rings. The molecule has 0 atom stereocenters. The summed E-state index contributed by atoms with van der Waals surface area (Å²) >= 11 is 0. The van der Waals surface area contributed by atoms with Gasteiger partial charge in [-0.2, -0.15) is 0 Å². The van der Waals surface area contributed by atoms with Crippen molar-refractivity contribution < 1.29 is 14.4 Å². The lowest BCUT2D eigenvalue weighted by molar-refractivity contribution is -0.133. The molecule has 0 saturated carbocycles. The van der Waals surface area contributed by atoms with Crippen molar-refractivity contribution in [3.8, 4) is 0 Å². The number of carbonyl (C=O) groups is 3. The number of carbonyl (C=O) groups excluding carboxylic acids is 3. The Balaban J connectivity index is 1.97. The predicted octanol–water partition coefficient (Wildman–Crippen LogP) is -0.914. The Morgan fingerprint density at radius 1 is 1.00 bits per heavy atom. The standard InChI is InChI=1S/C11H10N6O3/c12-9(18)7-1-3-8(4-2-7)15-10(19)11(20)16-17-5-13-14-6-17/h1-6H,(H2,12,18)(H,15,19)(H,16,20). The van der Waals surface area contributed by atoms with Crippen molar-refractivity contribution in [2.24, 2.45) is 5.73 Å². The van der Waals surface area contributed by atoms with Crippen molar-refractivity contribution in [2.75, 3.05) is 10.7 Å². The highest BCUT2D eigenvalue weighted by atomic mass is 16.2. The lowest BCUT2D eigenvalue weighted by Gasteiger charge is -2.06. The van der Waals surface area contributed by atoms with E-state index in [1.807, 2.05) is 0 Å². The van der Waals surface area contributed by atoms with Gasteiger partial charge in [0.2, 0.25) is 5.91 Å². The van der Waals surface area contributed by atoms with E-state index in [4.69, 9.17) is 5.73 Å². The van der Waals surface area contributed by atoms with Gasteiger partial charge in [-0.3, -0.25) is 19.8 Å². The molecular formula is C11H10N6O3. The lowest BCUT2D eigenvalue weighted by Crippen LogP contribution is -2.33. The summed E-state index contributed by atoms with van der Waals surface area (Å²) in [6.45, 7) is 0. The van der Waals surface area contributed by atoms with Crippen LogP contribution in [0.1, 0.15) is 10.4 Å². The van der Waals surface area contributed by atoms with Gasteiger partial charge in [0.1, 0.15) is 12.7 Å². The van der Waals surface area contributed by atoms with Gasteiger partial charge in [-0.15, -0.1) is 10.2 Å². The van der Waals surface area contributed by atoms with Crippen LogP contribution >= 0.6 is 0 Å². The Morgan fingerprint density at radius 2 is 1.60 bits per heavy atom. The van der Waals surface area contributed by atoms with Gasteiger partial charge in [-0.05, 0) is 24.3 Å². The number of hydrogen-bond acceptors (Lipinski definition) is 5. The molecule has 4 N–H and O–H groups in total. The Kier molecular flexibility index (Phi) is 3.70. The maximum atomic E-state index is 11.6. The van der Waals surface area contributed by atoms with E-state index in [1.165, 1.54) is 36.9 Å². The second kappa shape index (κ2) is 5.61. The number of primary amides is 1. The van der Waals surface area contributed by atoms with E-state index in [1.54, 1.807) is 0 Å². The average molecular weight is 274 g/mol. The highest BCUT2D eigenvalue weighted by molar-refractivity contribution is 6.42. The Labute approximate surface area is 112 Å². The molecule has 0 aliphatic carbocycles. The zero-order valence-corrected chi connectivity index (χ0v) is 10.1. The molecule has 102 valence electrons. The maximum Gasteiger partial charge on any atom is 0.328 e. The number of aromatic nitrogens is 3. The molecule has 1 aromatic carbocycles. The van der Waals surface area contributed by atoms with Crippen molar-refractivity contribution >= 4 is 23.4 Å². The number of nitrogens with one attached hydrogen (secondary N) is 2. The highest BCUT2D eigenvalue weighted by Crippen LogP contribution is 2.08. The van der Waals surface area contributed by atoms with E-state index in [-0.39, 0.29) is 0 Å². The minimum absolute atomic E-state index is 0.303. The summed E-state index contributed by atoms with van der Waals surface area (Å²) in [5, 5.41) is 9.30. The third-order valence-electron chi connectivity index (χ3n) is 2.28. The molecule has 3 amide bonds. The van der Waals surface area contributed by atoms with Gasteiger partial charge in [0.05, 0.1) is 0 Å².